The Morgan fingerprint density at radius 1 is 1.56 bits per heavy atom. The van der Waals surface area contributed by atoms with Crippen LogP contribution in [0.4, 0.5) is 11.4 Å². The first-order chi connectivity index (χ1) is 8.58. The second kappa shape index (κ2) is 5.19. The maximum atomic E-state index is 10.8. The Kier molecular flexibility index (Phi) is 3.63. The van der Waals surface area contributed by atoms with E-state index in [4.69, 9.17) is 11.6 Å². The number of para-hydroxylation sites is 1. The molecule has 0 bridgehead atoms. The van der Waals surface area contributed by atoms with Gasteiger partial charge in [-0.25, -0.2) is 4.98 Å². The van der Waals surface area contributed by atoms with Gasteiger partial charge in [-0.05, 0) is 6.07 Å². The van der Waals surface area contributed by atoms with E-state index in [-0.39, 0.29) is 17.1 Å². The number of anilines is 1. The molecule has 0 amide bonds. The molecule has 1 aromatic carbocycles. The molecule has 0 fully saturated rings. The van der Waals surface area contributed by atoms with Crippen LogP contribution in [-0.4, -0.2) is 15.0 Å². The highest BCUT2D eigenvalue weighted by atomic mass is 35.5. The molecule has 18 heavy (non-hydrogen) atoms. The van der Waals surface area contributed by atoms with Gasteiger partial charge in [0.1, 0.15) is 5.75 Å². The van der Waals surface area contributed by atoms with Gasteiger partial charge in [0.25, 0.3) is 5.69 Å². The summed E-state index contributed by atoms with van der Waals surface area (Å²) < 4.78 is 0.401. The van der Waals surface area contributed by atoms with Crippen LogP contribution >= 0.6 is 22.9 Å². The van der Waals surface area contributed by atoms with Crippen molar-refractivity contribution in [3.8, 4) is 5.75 Å². The fourth-order valence-corrected chi connectivity index (χ4v) is 2.32. The predicted molar refractivity (Wildman–Crippen MR) is 69.2 cm³/mol. The number of phenols is 1. The van der Waals surface area contributed by atoms with Crippen LogP contribution in [0.3, 0.4) is 0 Å². The van der Waals surface area contributed by atoms with E-state index < -0.39 is 4.92 Å². The highest BCUT2D eigenvalue weighted by Gasteiger charge is 2.17. The molecule has 2 aromatic rings. The number of nitro benzene ring substituents is 1. The first-order valence-corrected chi connectivity index (χ1v) is 6.08. The number of nitro groups is 1. The average Bonchev–Trinajstić information content (AvgIpc) is 2.73. The summed E-state index contributed by atoms with van der Waals surface area (Å²) in [6, 6.07) is 4.12. The van der Waals surface area contributed by atoms with E-state index in [0.29, 0.717) is 11.0 Å². The minimum atomic E-state index is -0.554. The van der Waals surface area contributed by atoms with Gasteiger partial charge in [-0.2, -0.15) is 0 Å². The van der Waals surface area contributed by atoms with Gasteiger partial charge in [0.15, 0.2) is 10.2 Å². The zero-order valence-electron chi connectivity index (χ0n) is 8.96. The van der Waals surface area contributed by atoms with Crippen molar-refractivity contribution >= 4 is 34.3 Å². The van der Waals surface area contributed by atoms with E-state index in [2.05, 4.69) is 10.3 Å². The largest absolute Gasteiger partial charge is 0.506 e. The number of aromatic hydroxyl groups is 1. The van der Waals surface area contributed by atoms with Crippen molar-refractivity contribution in [3.63, 3.8) is 0 Å². The lowest BCUT2D eigenvalue weighted by Gasteiger charge is -2.07. The molecule has 1 aromatic heterocycles. The van der Waals surface area contributed by atoms with Crippen molar-refractivity contribution < 1.29 is 10.0 Å². The molecule has 0 saturated heterocycles. The van der Waals surface area contributed by atoms with E-state index in [9.17, 15) is 15.2 Å². The highest BCUT2D eigenvalue weighted by Crippen LogP contribution is 2.33. The summed E-state index contributed by atoms with van der Waals surface area (Å²) in [5.74, 6) is -0.167. The van der Waals surface area contributed by atoms with Crippen molar-refractivity contribution in [2.24, 2.45) is 0 Å². The molecule has 0 unspecified atom stereocenters. The Bertz CT molecular complexity index is 587. The summed E-state index contributed by atoms with van der Waals surface area (Å²) in [7, 11) is 0. The van der Waals surface area contributed by atoms with E-state index >= 15 is 0 Å². The molecule has 0 radical (unpaired) electrons. The van der Waals surface area contributed by atoms with Crippen molar-refractivity contribution in [1.82, 2.24) is 4.98 Å². The molecule has 2 N–H and O–H groups in total. The zero-order valence-corrected chi connectivity index (χ0v) is 10.5. The van der Waals surface area contributed by atoms with Crippen molar-refractivity contribution in [1.29, 1.82) is 0 Å². The number of thiazole rings is 1. The summed E-state index contributed by atoms with van der Waals surface area (Å²) in [4.78, 5) is 14.9. The summed E-state index contributed by atoms with van der Waals surface area (Å²) in [5.41, 5.74) is -0.0855. The number of nitrogens with zero attached hydrogens (tertiary/aromatic N) is 2. The topological polar surface area (TPSA) is 88.3 Å². The molecular weight excluding hydrogens is 278 g/mol. The number of aromatic nitrogens is 1. The summed E-state index contributed by atoms with van der Waals surface area (Å²) in [6.45, 7) is 0.308. The molecular formula is C10H8ClN3O3S. The lowest BCUT2D eigenvalue weighted by Crippen LogP contribution is -2.01. The number of phenolic OH excluding ortho intramolecular Hbond substituents is 1. The lowest BCUT2D eigenvalue weighted by atomic mass is 10.2. The minimum Gasteiger partial charge on any atom is -0.506 e. The van der Waals surface area contributed by atoms with Crippen LogP contribution < -0.4 is 5.32 Å². The van der Waals surface area contributed by atoms with Gasteiger partial charge in [0.2, 0.25) is 0 Å². The number of halogens is 1. The number of rotatable bonds is 4. The summed E-state index contributed by atoms with van der Waals surface area (Å²) >= 11 is 6.94. The molecule has 2 rings (SSSR count). The molecule has 94 valence electrons. The number of hydrogen-bond acceptors (Lipinski definition) is 6. The van der Waals surface area contributed by atoms with Crippen LogP contribution in [0.25, 0.3) is 0 Å². The summed E-state index contributed by atoms with van der Waals surface area (Å²) in [5, 5.41) is 23.2. The minimum absolute atomic E-state index is 0.0898. The third kappa shape index (κ3) is 2.69. The Balaban J connectivity index is 2.20. The molecule has 0 aliphatic rings. The Morgan fingerprint density at radius 2 is 2.33 bits per heavy atom. The fourth-order valence-electron chi connectivity index (χ4n) is 1.40. The Morgan fingerprint density at radius 3 is 2.94 bits per heavy atom. The van der Waals surface area contributed by atoms with E-state index in [1.54, 1.807) is 6.20 Å². The normalized spacial score (nSPS) is 10.3. The molecule has 0 aliphatic heterocycles. The number of nitrogens with one attached hydrogen (secondary N) is 1. The molecule has 8 heteroatoms. The average molecular weight is 286 g/mol. The number of benzene rings is 1. The maximum Gasteiger partial charge on any atom is 0.296 e. The monoisotopic (exact) mass is 285 g/mol. The van der Waals surface area contributed by atoms with Crippen LogP contribution in [0.5, 0.6) is 5.75 Å². The van der Waals surface area contributed by atoms with Crippen LogP contribution in [0.1, 0.15) is 4.88 Å². The van der Waals surface area contributed by atoms with Gasteiger partial charge in [-0.3, -0.25) is 10.1 Å². The smallest absolute Gasteiger partial charge is 0.296 e. The van der Waals surface area contributed by atoms with Gasteiger partial charge < -0.3 is 10.4 Å². The summed E-state index contributed by atoms with van der Waals surface area (Å²) in [6.07, 6.45) is 1.58. The van der Waals surface area contributed by atoms with Crippen LogP contribution in [0, 0.1) is 10.1 Å². The molecule has 1 heterocycles. The number of hydrogen-bond donors (Lipinski definition) is 2. The first-order valence-electron chi connectivity index (χ1n) is 4.88. The zero-order chi connectivity index (χ0) is 13.1. The molecule has 0 aliphatic carbocycles. The van der Waals surface area contributed by atoms with Gasteiger partial charge in [-0.15, -0.1) is 11.3 Å². The Labute approximate surface area is 111 Å². The first kappa shape index (κ1) is 12.6. The Hall–Kier alpha value is -1.86. The van der Waals surface area contributed by atoms with E-state index in [1.807, 2.05) is 0 Å². The van der Waals surface area contributed by atoms with Crippen LogP contribution in [0.15, 0.2) is 24.4 Å². The quantitative estimate of drug-likeness (QED) is 0.512. The maximum absolute atomic E-state index is 10.8. The lowest BCUT2D eigenvalue weighted by molar-refractivity contribution is -0.384. The van der Waals surface area contributed by atoms with Crippen molar-refractivity contribution in [2.75, 3.05) is 5.32 Å². The molecule has 0 saturated carbocycles. The second-order valence-electron chi connectivity index (χ2n) is 3.36. The molecule has 6 nitrogen and oxygen atoms in total. The van der Waals surface area contributed by atoms with Crippen LogP contribution in [-0.2, 0) is 6.54 Å². The second-order valence-corrected chi connectivity index (χ2v) is 5.06. The molecule has 0 spiro atoms. The van der Waals surface area contributed by atoms with E-state index in [0.717, 1.165) is 4.88 Å². The molecule has 0 atom stereocenters. The van der Waals surface area contributed by atoms with Crippen molar-refractivity contribution in [2.45, 2.75) is 6.54 Å². The fraction of sp³-hybridized carbons (Fsp3) is 0.100. The third-order valence-electron chi connectivity index (χ3n) is 2.18. The highest BCUT2D eigenvalue weighted by molar-refractivity contribution is 7.15. The van der Waals surface area contributed by atoms with Crippen molar-refractivity contribution in [3.05, 3.63) is 43.9 Å². The third-order valence-corrected chi connectivity index (χ3v) is 3.30. The van der Waals surface area contributed by atoms with Gasteiger partial charge in [-0.1, -0.05) is 17.7 Å². The van der Waals surface area contributed by atoms with Gasteiger partial charge in [0, 0.05) is 17.1 Å². The van der Waals surface area contributed by atoms with Gasteiger partial charge in [0.05, 0.1) is 11.5 Å². The predicted octanol–water partition coefficient (Wildman–Crippen LogP) is 3.02. The van der Waals surface area contributed by atoms with Gasteiger partial charge >= 0.3 is 0 Å². The standard InChI is InChI=1S/C10H8ClN3O3S/c11-10-13-5-6(18-10)4-12-9-7(14(16)17)2-1-3-8(9)15/h1-3,5,12,15H,4H2. The van der Waals surface area contributed by atoms with Crippen LogP contribution in [0.2, 0.25) is 4.47 Å². The van der Waals surface area contributed by atoms with E-state index in [1.165, 1.54) is 29.5 Å². The SMILES string of the molecule is O=[N+]([O-])c1cccc(O)c1NCc1cnc(Cl)s1.